The number of oxazole rings is 2. The number of rotatable bonds is 4. The summed E-state index contributed by atoms with van der Waals surface area (Å²) < 4.78 is 11.9. The number of fused-ring (bicyclic) bond motifs is 2. The minimum Gasteiger partial charge on any atom is -0.435 e. The van der Waals surface area contributed by atoms with Crippen LogP contribution in [0.5, 0.6) is 0 Å². The molecule has 4 nitrogen and oxygen atoms in total. The normalized spacial score (nSPS) is 11.6. The number of hydrogen-bond donors (Lipinski definition) is 0. The lowest BCUT2D eigenvalue weighted by molar-refractivity contribution is 0.621. The molecular formula is C22H18N2O2S. The summed E-state index contributed by atoms with van der Waals surface area (Å²) in [7, 11) is 0. The molecule has 0 N–H and O–H groups in total. The molecule has 5 rings (SSSR count). The Morgan fingerprint density at radius 1 is 0.704 bits per heavy atom. The molecule has 0 fully saturated rings. The smallest absolute Gasteiger partial charge is 0.237 e. The summed E-state index contributed by atoms with van der Waals surface area (Å²) in [5, 5.41) is 0. The van der Waals surface area contributed by atoms with E-state index in [2.05, 4.69) is 48.1 Å². The van der Waals surface area contributed by atoms with E-state index < -0.39 is 0 Å². The molecule has 0 aliphatic rings. The monoisotopic (exact) mass is 374 g/mol. The first-order valence-electron chi connectivity index (χ1n) is 9.13. The quantitative estimate of drug-likeness (QED) is 0.361. The third-order valence-electron chi connectivity index (χ3n) is 4.75. The molecule has 0 aliphatic carbocycles. The average molecular weight is 374 g/mol. The number of aryl methyl sites for hydroxylation is 2. The van der Waals surface area contributed by atoms with E-state index >= 15 is 0 Å². The van der Waals surface area contributed by atoms with E-state index in [0.29, 0.717) is 11.8 Å². The van der Waals surface area contributed by atoms with Crippen LogP contribution >= 0.6 is 11.3 Å². The highest BCUT2D eigenvalue weighted by Gasteiger charge is 2.15. The van der Waals surface area contributed by atoms with E-state index in [1.54, 1.807) is 11.3 Å². The zero-order chi connectivity index (χ0) is 18.4. The van der Waals surface area contributed by atoms with Crippen molar-refractivity contribution < 1.29 is 8.83 Å². The number of thiophene rings is 1. The standard InChI is InChI=1S/C22H18N2O2S/c1-3-13-5-7-17-15(11-13)23-21(25-17)19-9-10-20(27-19)22-24-16-12-14(4-2)6-8-18(16)26-22/h5-12H,3-4H2,1-2H3. The van der Waals surface area contributed by atoms with Crippen molar-refractivity contribution in [1.29, 1.82) is 0 Å². The minimum atomic E-state index is 0.638. The van der Waals surface area contributed by atoms with Crippen molar-refractivity contribution in [3.8, 4) is 21.5 Å². The maximum Gasteiger partial charge on any atom is 0.237 e. The van der Waals surface area contributed by atoms with Gasteiger partial charge in [0.2, 0.25) is 11.8 Å². The summed E-state index contributed by atoms with van der Waals surface area (Å²) in [5.41, 5.74) is 5.93. The van der Waals surface area contributed by atoms with Crippen LogP contribution in [0.15, 0.2) is 57.4 Å². The fourth-order valence-corrected chi connectivity index (χ4v) is 4.02. The largest absolute Gasteiger partial charge is 0.435 e. The lowest BCUT2D eigenvalue weighted by atomic mass is 10.1. The SMILES string of the molecule is CCc1ccc2oc(-c3ccc(-c4nc5cc(CC)ccc5o4)s3)nc2c1. The van der Waals surface area contributed by atoms with Crippen LogP contribution in [0.3, 0.4) is 0 Å². The van der Waals surface area contributed by atoms with Crippen molar-refractivity contribution in [1.82, 2.24) is 9.97 Å². The predicted octanol–water partition coefficient (Wildman–Crippen LogP) is 6.49. The first-order chi connectivity index (χ1) is 13.2. The van der Waals surface area contributed by atoms with E-state index in [9.17, 15) is 0 Å². The average Bonchev–Trinajstić information content (AvgIpc) is 3.43. The summed E-state index contributed by atoms with van der Waals surface area (Å²) in [6.45, 7) is 4.27. The second-order valence-corrected chi connectivity index (χ2v) is 7.60. The molecule has 5 heteroatoms. The van der Waals surface area contributed by atoms with E-state index in [-0.39, 0.29) is 0 Å². The Labute approximate surface area is 160 Å². The second-order valence-electron chi connectivity index (χ2n) is 6.51. The Kier molecular flexibility index (Phi) is 3.83. The van der Waals surface area contributed by atoms with Crippen molar-refractivity contribution in [2.45, 2.75) is 26.7 Å². The molecule has 0 atom stereocenters. The minimum absolute atomic E-state index is 0.638. The molecule has 0 amide bonds. The van der Waals surface area contributed by atoms with E-state index in [1.165, 1.54) is 11.1 Å². The van der Waals surface area contributed by atoms with Gasteiger partial charge in [0.15, 0.2) is 11.2 Å². The highest BCUT2D eigenvalue weighted by atomic mass is 32.1. The van der Waals surface area contributed by atoms with Crippen molar-refractivity contribution in [2.24, 2.45) is 0 Å². The van der Waals surface area contributed by atoms with Gasteiger partial charge in [0.05, 0.1) is 9.75 Å². The van der Waals surface area contributed by atoms with Crippen LogP contribution in [0, 0.1) is 0 Å². The number of nitrogens with zero attached hydrogens (tertiary/aromatic N) is 2. The summed E-state index contributed by atoms with van der Waals surface area (Å²) in [5.74, 6) is 1.28. The summed E-state index contributed by atoms with van der Waals surface area (Å²) in [6, 6.07) is 16.3. The molecule has 0 aliphatic heterocycles. The van der Waals surface area contributed by atoms with Crippen LogP contribution in [0.1, 0.15) is 25.0 Å². The second kappa shape index (κ2) is 6.35. The van der Waals surface area contributed by atoms with Crippen LogP contribution in [0.25, 0.3) is 43.7 Å². The van der Waals surface area contributed by atoms with Crippen LogP contribution in [0.4, 0.5) is 0 Å². The van der Waals surface area contributed by atoms with E-state index in [4.69, 9.17) is 8.83 Å². The van der Waals surface area contributed by atoms with Crippen molar-refractivity contribution in [2.75, 3.05) is 0 Å². The Morgan fingerprint density at radius 3 is 1.63 bits per heavy atom. The van der Waals surface area contributed by atoms with Gasteiger partial charge in [0.1, 0.15) is 11.0 Å². The van der Waals surface area contributed by atoms with Gasteiger partial charge in [0, 0.05) is 0 Å². The number of hydrogen-bond acceptors (Lipinski definition) is 5. The van der Waals surface area contributed by atoms with Gasteiger partial charge in [-0.1, -0.05) is 26.0 Å². The lowest BCUT2D eigenvalue weighted by Crippen LogP contribution is -1.78. The fourth-order valence-electron chi connectivity index (χ4n) is 3.16. The molecular weight excluding hydrogens is 356 g/mol. The molecule has 3 aromatic heterocycles. The predicted molar refractivity (Wildman–Crippen MR) is 109 cm³/mol. The fraction of sp³-hybridized carbons (Fsp3) is 0.182. The van der Waals surface area contributed by atoms with Gasteiger partial charge in [-0.05, 0) is 60.4 Å². The van der Waals surface area contributed by atoms with Crippen LogP contribution in [0.2, 0.25) is 0 Å². The van der Waals surface area contributed by atoms with Crippen LogP contribution in [-0.4, -0.2) is 9.97 Å². The third-order valence-corrected chi connectivity index (χ3v) is 5.81. The van der Waals surface area contributed by atoms with Gasteiger partial charge in [0.25, 0.3) is 0 Å². The van der Waals surface area contributed by atoms with Gasteiger partial charge < -0.3 is 8.83 Å². The Bertz CT molecular complexity index is 1170. The molecule has 27 heavy (non-hydrogen) atoms. The van der Waals surface area contributed by atoms with E-state index in [0.717, 1.165) is 44.8 Å². The van der Waals surface area contributed by atoms with E-state index in [1.807, 2.05) is 24.3 Å². The summed E-state index contributed by atoms with van der Waals surface area (Å²) in [4.78, 5) is 11.3. The maximum absolute atomic E-state index is 5.94. The molecule has 0 saturated heterocycles. The highest BCUT2D eigenvalue weighted by Crippen LogP contribution is 2.36. The van der Waals surface area contributed by atoms with Gasteiger partial charge in [-0.2, -0.15) is 0 Å². The summed E-state index contributed by atoms with van der Waals surface area (Å²) in [6.07, 6.45) is 1.97. The van der Waals surface area contributed by atoms with Crippen molar-refractivity contribution in [3.05, 3.63) is 59.7 Å². The van der Waals surface area contributed by atoms with Gasteiger partial charge in [-0.15, -0.1) is 11.3 Å². The Balaban J connectivity index is 1.52. The Morgan fingerprint density at radius 2 is 1.19 bits per heavy atom. The molecule has 5 aromatic rings. The zero-order valence-corrected chi connectivity index (χ0v) is 16.0. The molecule has 0 saturated carbocycles. The molecule has 0 spiro atoms. The zero-order valence-electron chi connectivity index (χ0n) is 15.2. The third kappa shape index (κ3) is 2.84. The number of benzene rings is 2. The van der Waals surface area contributed by atoms with Gasteiger partial charge in [-0.3, -0.25) is 0 Å². The van der Waals surface area contributed by atoms with Gasteiger partial charge >= 0.3 is 0 Å². The van der Waals surface area contributed by atoms with Crippen LogP contribution in [-0.2, 0) is 12.8 Å². The molecule has 134 valence electrons. The molecule has 0 unspecified atom stereocenters. The van der Waals surface area contributed by atoms with Gasteiger partial charge in [-0.25, -0.2) is 9.97 Å². The van der Waals surface area contributed by atoms with Crippen molar-refractivity contribution in [3.63, 3.8) is 0 Å². The first-order valence-corrected chi connectivity index (χ1v) is 9.94. The highest BCUT2D eigenvalue weighted by molar-refractivity contribution is 7.18. The Hall–Kier alpha value is -2.92. The molecule has 0 bridgehead atoms. The lowest BCUT2D eigenvalue weighted by Gasteiger charge is -1.92. The maximum atomic E-state index is 5.94. The molecule has 0 radical (unpaired) electrons. The van der Waals surface area contributed by atoms with Crippen molar-refractivity contribution >= 4 is 33.5 Å². The van der Waals surface area contributed by atoms with Crippen LogP contribution < -0.4 is 0 Å². The number of aromatic nitrogens is 2. The summed E-state index contributed by atoms with van der Waals surface area (Å²) >= 11 is 1.58. The topological polar surface area (TPSA) is 52.1 Å². The molecule has 2 aromatic carbocycles. The molecule has 3 heterocycles. The first kappa shape index (κ1) is 16.3.